The summed E-state index contributed by atoms with van der Waals surface area (Å²) >= 11 is 4.74. The Labute approximate surface area is 93.6 Å². The molecule has 1 atom stereocenters. The number of nitrogens with two attached hydrogens (primary N) is 1. The summed E-state index contributed by atoms with van der Waals surface area (Å²) in [6, 6.07) is 1.78. The smallest absolute Gasteiger partial charge is 0.235 e. The number of carbonyl (C=O) groups excluding carboxylic acids is 1. The van der Waals surface area contributed by atoms with Gasteiger partial charge in [-0.15, -0.1) is 0 Å². The zero-order valence-corrected chi connectivity index (χ0v) is 9.76. The number of nitrogens with one attached hydrogen (secondary N) is 1. The van der Waals surface area contributed by atoms with Gasteiger partial charge in [-0.3, -0.25) is 9.48 Å². The van der Waals surface area contributed by atoms with Crippen LogP contribution >= 0.6 is 12.2 Å². The second kappa shape index (κ2) is 4.39. The van der Waals surface area contributed by atoms with Crippen molar-refractivity contribution in [2.45, 2.75) is 13.8 Å². The molecule has 1 aromatic rings. The average Bonchev–Trinajstić information content (AvgIpc) is 2.43. The highest BCUT2D eigenvalue weighted by Gasteiger charge is 2.16. The molecule has 0 saturated heterocycles. The minimum absolute atomic E-state index is 0.186. The molecule has 3 N–H and O–H groups in total. The summed E-state index contributed by atoms with van der Waals surface area (Å²) in [5.74, 6) is -0.0543. The van der Waals surface area contributed by atoms with Gasteiger partial charge in [-0.05, 0) is 13.8 Å². The third kappa shape index (κ3) is 2.76. The summed E-state index contributed by atoms with van der Waals surface area (Å²) < 4.78 is 1.60. The van der Waals surface area contributed by atoms with E-state index in [4.69, 9.17) is 18.0 Å². The van der Waals surface area contributed by atoms with Crippen LogP contribution in [0.5, 0.6) is 0 Å². The van der Waals surface area contributed by atoms with Gasteiger partial charge in [-0.25, -0.2) is 0 Å². The number of anilines is 1. The largest absolute Gasteiger partial charge is 0.393 e. The van der Waals surface area contributed by atoms with Gasteiger partial charge < -0.3 is 11.1 Å². The third-order valence-electron chi connectivity index (χ3n) is 2.07. The fraction of sp³-hybridized carbons (Fsp3) is 0.444. The van der Waals surface area contributed by atoms with Crippen LogP contribution in [0.25, 0.3) is 0 Å². The van der Waals surface area contributed by atoms with E-state index in [0.717, 1.165) is 5.69 Å². The Bertz CT molecular complexity index is 399. The van der Waals surface area contributed by atoms with E-state index in [1.54, 1.807) is 24.7 Å². The van der Waals surface area contributed by atoms with Gasteiger partial charge in [0.1, 0.15) is 5.82 Å². The predicted octanol–water partition coefficient (Wildman–Crippen LogP) is 0.589. The molecule has 0 aliphatic rings. The molecule has 1 rings (SSSR count). The number of nitrogens with zero attached hydrogens (tertiary/aromatic N) is 2. The number of hydrogen-bond acceptors (Lipinski definition) is 3. The molecule has 0 aromatic carbocycles. The van der Waals surface area contributed by atoms with E-state index in [1.807, 2.05) is 6.92 Å². The van der Waals surface area contributed by atoms with Crippen LogP contribution in [0.3, 0.4) is 0 Å². The lowest BCUT2D eigenvalue weighted by Gasteiger charge is -2.10. The second-order valence-electron chi connectivity index (χ2n) is 3.41. The van der Waals surface area contributed by atoms with E-state index in [0.29, 0.717) is 5.82 Å². The first-order chi connectivity index (χ1) is 6.91. The highest BCUT2D eigenvalue weighted by Crippen LogP contribution is 2.09. The van der Waals surface area contributed by atoms with Crippen molar-refractivity contribution in [2.24, 2.45) is 18.7 Å². The number of amides is 1. The Morgan fingerprint density at radius 3 is 2.73 bits per heavy atom. The van der Waals surface area contributed by atoms with E-state index < -0.39 is 5.92 Å². The van der Waals surface area contributed by atoms with Gasteiger partial charge >= 0.3 is 0 Å². The van der Waals surface area contributed by atoms with Gasteiger partial charge in [0.15, 0.2) is 0 Å². The molecular weight excluding hydrogens is 212 g/mol. The SMILES string of the molecule is Cc1cc(NC(=O)C(C)C(N)=S)n(C)n1. The van der Waals surface area contributed by atoms with Crippen LogP contribution in [0.1, 0.15) is 12.6 Å². The van der Waals surface area contributed by atoms with Crippen LogP contribution in [0.4, 0.5) is 5.82 Å². The average molecular weight is 226 g/mol. The Morgan fingerprint density at radius 1 is 1.73 bits per heavy atom. The molecule has 5 nitrogen and oxygen atoms in total. The Kier molecular flexibility index (Phi) is 3.41. The molecule has 0 aliphatic carbocycles. The maximum Gasteiger partial charge on any atom is 0.235 e. The van der Waals surface area contributed by atoms with Crippen LogP contribution in [-0.2, 0) is 11.8 Å². The van der Waals surface area contributed by atoms with Crippen LogP contribution in [0, 0.1) is 12.8 Å². The lowest BCUT2D eigenvalue weighted by atomic mass is 10.1. The summed E-state index contributed by atoms with van der Waals surface area (Å²) in [6.45, 7) is 3.52. The normalized spacial score (nSPS) is 12.2. The molecule has 82 valence electrons. The lowest BCUT2D eigenvalue weighted by Crippen LogP contribution is -2.31. The summed E-state index contributed by atoms with van der Waals surface area (Å²) in [7, 11) is 1.76. The van der Waals surface area contributed by atoms with Crippen molar-refractivity contribution in [2.75, 3.05) is 5.32 Å². The van der Waals surface area contributed by atoms with Crippen molar-refractivity contribution >= 4 is 28.9 Å². The molecule has 1 aromatic heterocycles. The van der Waals surface area contributed by atoms with Crippen molar-refractivity contribution in [3.63, 3.8) is 0 Å². The van der Waals surface area contributed by atoms with Gasteiger partial charge in [0.05, 0.1) is 16.6 Å². The second-order valence-corrected chi connectivity index (χ2v) is 3.88. The number of thiocarbonyl (C=S) groups is 1. The third-order valence-corrected chi connectivity index (χ3v) is 2.43. The molecule has 0 spiro atoms. The van der Waals surface area contributed by atoms with E-state index in [1.165, 1.54) is 0 Å². The lowest BCUT2D eigenvalue weighted by molar-refractivity contribution is -0.117. The van der Waals surface area contributed by atoms with Gasteiger partial charge in [-0.1, -0.05) is 12.2 Å². The standard InChI is InChI=1S/C9H14N4OS/c1-5-4-7(13(3)12-5)11-9(14)6(2)8(10)15/h4,6H,1-3H3,(H2,10,15)(H,11,14). The van der Waals surface area contributed by atoms with Gasteiger partial charge in [0.25, 0.3) is 0 Å². The molecule has 6 heteroatoms. The number of hydrogen-bond donors (Lipinski definition) is 2. The van der Waals surface area contributed by atoms with Crippen LogP contribution in [0.2, 0.25) is 0 Å². The topological polar surface area (TPSA) is 72.9 Å². The van der Waals surface area contributed by atoms with Crippen molar-refractivity contribution in [1.82, 2.24) is 9.78 Å². The fourth-order valence-electron chi connectivity index (χ4n) is 1.09. The first-order valence-electron chi connectivity index (χ1n) is 4.52. The highest BCUT2D eigenvalue weighted by atomic mass is 32.1. The quantitative estimate of drug-likeness (QED) is 0.740. The maximum atomic E-state index is 11.6. The summed E-state index contributed by atoms with van der Waals surface area (Å²) in [5, 5.41) is 6.81. The molecule has 0 aliphatic heterocycles. The highest BCUT2D eigenvalue weighted by molar-refractivity contribution is 7.80. The van der Waals surface area contributed by atoms with Crippen LogP contribution in [-0.4, -0.2) is 20.7 Å². The van der Waals surface area contributed by atoms with Crippen molar-refractivity contribution < 1.29 is 4.79 Å². The molecule has 1 amide bonds. The van der Waals surface area contributed by atoms with Gasteiger partial charge in [-0.2, -0.15) is 5.10 Å². The number of aryl methyl sites for hydroxylation is 2. The summed E-state index contributed by atoms with van der Waals surface area (Å²) in [4.78, 5) is 11.8. The number of aromatic nitrogens is 2. The first-order valence-corrected chi connectivity index (χ1v) is 4.93. The monoisotopic (exact) mass is 226 g/mol. The van der Waals surface area contributed by atoms with Crippen molar-refractivity contribution in [3.05, 3.63) is 11.8 Å². The Balaban J connectivity index is 2.74. The molecule has 0 fully saturated rings. The molecule has 0 saturated carbocycles. The zero-order valence-electron chi connectivity index (χ0n) is 8.94. The predicted molar refractivity (Wildman–Crippen MR) is 62.5 cm³/mol. The number of rotatable bonds is 3. The fourth-order valence-corrected chi connectivity index (χ4v) is 1.20. The first kappa shape index (κ1) is 11.6. The van der Waals surface area contributed by atoms with Crippen molar-refractivity contribution in [3.8, 4) is 0 Å². The minimum atomic E-state index is -0.477. The van der Waals surface area contributed by atoms with E-state index >= 15 is 0 Å². The van der Waals surface area contributed by atoms with Crippen LogP contribution in [0.15, 0.2) is 6.07 Å². The summed E-state index contributed by atoms with van der Waals surface area (Å²) in [5.41, 5.74) is 6.23. The van der Waals surface area contributed by atoms with Gasteiger partial charge in [0.2, 0.25) is 5.91 Å². The maximum absolute atomic E-state index is 11.6. The minimum Gasteiger partial charge on any atom is -0.393 e. The van der Waals surface area contributed by atoms with Crippen LogP contribution < -0.4 is 11.1 Å². The Hall–Kier alpha value is -1.43. The molecule has 0 radical (unpaired) electrons. The van der Waals surface area contributed by atoms with Crippen molar-refractivity contribution in [1.29, 1.82) is 0 Å². The number of carbonyl (C=O) groups is 1. The molecule has 1 unspecified atom stereocenters. The molecular formula is C9H14N4OS. The van der Waals surface area contributed by atoms with Gasteiger partial charge in [0, 0.05) is 13.1 Å². The molecule has 0 bridgehead atoms. The van der Waals surface area contributed by atoms with E-state index in [2.05, 4.69) is 10.4 Å². The van der Waals surface area contributed by atoms with E-state index in [-0.39, 0.29) is 10.9 Å². The summed E-state index contributed by atoms with van der Waals surface area (Å²) in [6.07, 6.45) is 0. The Morgan fingerprint density at radius 2 is 2.33 bits per heavy atom. The van der Waals surface area contributed by atoms with E-state index in [9.17, 15) is 4.79 Å². The zero-order chi connectivity index (χ0) is 11.6. The molecule has 1 heterocycles. The molecule has 15 heavy (non-hydrogen) atoms.